The van der Waals surface area contributed by atoms with Crippen molar-refractivity contribution in [3.8, 4) is 11.5 Å². The lowest BCUT2D eigenvalue weighted by molar-refractivity contribution is -0.131. The van der Waals surface area contributed by atoms with Crippen molar-refractivity contribution in [3.63, 3.8) is 0 Å². The Morgan fingerprint density at radius 1 is 1.14 bits per heavy atom. The van der Waals surface area contributed by atoms with Crippen LogP contribution in [-0.4, -0.2) is 48.1 Å². The standard InChI is InChI=1S/C28H27NO6S/c1-33-22-15-19(11-12-21(22)35-17-18-7-3-2-4-8-18)25-24(26(30)23-10-6-14-36-23)27(31)28(32)29(25)16-20-9-5-13-34-20/h2-4,6-8,10-12,14-15,20,25,31H,5,9,13,16-17H2,1H3. The van der Waals surface area contributed by atoms with Gasteiger partial charge >= 0.3 is 0 Å². The number of aliphatic hydroxyl groups is 1. The van der Waals surface area contributed by atoms with E-state index in [1.165, 1.54) is 16.2 Å². The molecule has 0 saturated carbocycles. The van der Waals surface area contributed by atoms with E-state index in [1.807, 2.05) is 36.4 Å². The lowest BCUT2D eigenvalue weighted by Crippen LogP contribution is -2.37. The topological polar surface area (TPSA) is 85.3 Å². The number of amides is 1. The molecule has 2 aliphatic heterocycles. The summed E-state index contributed by atoms with van der Waals surface area (Å²) in [4.78, 5) is 28.6. The summed E-state index contributed by atoms with van der Waals surface area (Å²) in [5.74, 6) is -0.431. The molecule has 3 heterocycles. The van der Waals surface area contributed by atoms with Crippen LogP contribution in [-0.2, 0) is 16.1 Å². The number of carbonyl (C=O) groups is 2. The fourth-order valence-corrected chi connectivity index (χ4v) is 5.36. The average molecular weight is 506 g/mol. The molecule has 186 valence electrons. The van der Waals surface area contributed by atoms with E-state index in [4.69, 9.17) is 14.2 Å². The van der Waals surface area contributed by atoms with E-state index in [9.17, 15) is 14.7 Å². The summed E-state index contributed by atoms with van der Waals surface area (Å²) in [5, 5.41) is 12.7. The number of nitrogens with zero attached hydrogens (tertiary/aromatic N) is 1. The van der Waals surface area contributed by atoms with Gasteiger partial charge in [-0.05, 0) is 47.5 Å². The summed E-state index contributed by atoms with van der Waals surface area (Å²) >= 11 is 1.27. The Bertz CT molecular complexity index is 1260. The third kappa shape index (κ3) is 4.74. The zero-order chi connectivity index (χ0) is 25.1. The first-order chi connectivity index (χ1) is 17.6. The highest BCUT2D eigenvalue weighted by atomic mass is 32.1. The Morgan fingerprint density at radius 2 is 1.97 bits per heavy atom. The minimum absolute atomic E-state index is 0.0699. The molecule has 0 aliphatic carbocycles. The summed E-state index contributed by atoms with van der Waals surface area (Å²) in [6.07, 6.45) is 1.59. The molecule has 1 saturated heterocycles. The number of hydrogen-bond acceptors (Lipinski definition) is 7. The van der Waals surface area contributed by atoms with Crippen LogP contribution in [0.4, 0.5) is 0 Å². The van der Waals surface area contributed by atoms with E-state index in [1.54, 1.807) is 36.8 Å². The van der Waals surface area contributed by atoms with Gasteiger partial charge in [0.05, 0.1) is 29.7 Å². The molecule has 2 unspecified atom stereocenters. The number of hydrogen-bond donors (Lipinski definition) is 1. The zero-order valence-corrected chi connectivity index (χ0v) is 20.7. The summed E-state index contributed by atoms with van der Waals surface area (Å²) in [6, 6.07) is 17.8. The molecule has 0 bridgehead atoms. The largest absolute Gasteiger partial charge is 0.503 e. The third-order valence-corrected chi connectivity index (χ3v) is 7.33. The van der Waals surface area contributed by atoms with Gasteiger partial charge in [0, 0.05) is 13.2 Å². The highest BCUT2D eigenvalue weighted by Gasteiger charge is 2.45. The number of thiophene rings is 1. The lowest BCUT2D eigenvalue weighted by Gasteiger charge is -2.29. The summed E-state index contributed by atoms with van der Waals surface area (Å²) in [5.41, 5.74) is 1.74. The zero-order valence-electron chi connectivity index (χ0n) is 19.9. The molecular formula is C28H27NO6S. The van der Waals surface area contributed by atoms with Crippen molar-refractivity contribution in [1.29, 1.82) is 0 Å². The SMILES string of the molecule is COc1cc(C2C(C(=O)c3cccs3)=C(O)C(=O)N2CC2CCCO2)ccc1OCc1ccccc1. The van der Waals surface area contributed by atoms with E-state index < -0.39 is 17.7 Å². The predicted molar refractivity (Wildman–Crippen MR) is 136 cm³/mol. The van der Waals surface area contributed by atoms with Gasteiger partial charge in [-0.25, -0.2) is 0 Å². The van der Waals surface area contributed by atoms with E-state index in [-0.39, 0.29) is 24.0 Å². The van der Waals surface area contributed by atoms with Gasteiger partial charge in [0.2, 0.25) is 5.78 Å². The number of Topliss-reactive ketones (excluding diaryl/α,β-unsaturated/α-hetero) is 1. The fourth-order valence-electron chi connectivity index (χ4n) is 4.68. The summed E-state index contributed by atoms with van der Waals surface area (Å²) in [7, 11) is 1.55. The number of rotatable bonds is 9. The Morgan fingerprint density at radius 3 is 2.67 bits per heavy atom. The minimum Gasteiger partial charge on any atom is -0.503 e. The van der Waals surface area contributed by atoms with E-state index >= 15 is 0 Å². The van der Waals surface area contributed by atoms with Crippen molar-refractivity contribution in [1.82, 2.24) is 4.90 Å². The van der Waals surface area contributed by atoms with E-state index in [0.717, 1.165) is 18.4 Å². The molecule has 36 heavy (non-hydrogen) atoms. The van der Waals surface area contributed by atoms with Gasteiger partial charge in [-0.1, -0.05) is 42.5 Å². The Hall–Kier alpha value is -3.62. The smallest absolute Gasteiger partial charge is 0.290 e. The first kappa shape index (κ1) is 24.1. The molecule has 8 heteroatoms. The highest BCUT2D eigenvalue weighted by molar-refractivity contribution is 7.12. The molecule has 1 N–H and O–H groups in total. The van der Waals surface area contributed by atoms with Gasteiger partial charge < -0.3 is 24.2 Å². The molecule has 1 aromatic heterocycles. The monoisotopic (exact) mass is 505 g/mol. The number of ketones is 1. The van der Waals surface area contributed by atoms with Crippen LogP contribution in [0.15, 0.2) is 77.4 Å². The number of carbonyl (C=O) groups excluding carboxylic acids is 2. The second-order valence-corrected chi connectivity index (χ2v) is 9.70. The number of methoxy groups -OCH3 is 1. The molecule has 2 aromatic carbocycles. The van der Waals surface area contributed by atoms with Crippen LogP contribution >= 0.6 is 11.3 Å². The fraction of sp³-hybridized carbons (Fsp3) is 0.286. The van der Waals surface area contributed by atoms with Crippen LogP contribution in [0.25, 0.3) is 0 Å². The van der Waals surface area contributed by atoms with Crippen LogP contribution < -0.4 is 9.47 Å². The molecule has 5 rings (SSSR count). The second kappa shape index (κ2) is 10.6. The van der Waals surface area contributed by atoms with Crippen molar-refractivity contribution >= 4 is 23.0 Å². The third-order valence-electron chi connectivity index (χ3n) is 6.46. The van der Waals surface area contributed by atoms with Crippen LogP contribution in [0.1, 0.15) is 39.7 Å². The normalized spacial score (nSPS) is 19.7. The molecule has 2 atom stereocenters. The quantitative estimate of drug-likeness (QED) is 0.408. The predicted octanol–water partition coefficient (Wildman–Crippen LogP) is 5.09. The molecule has 1 fully saturated rings. The van der Waals surface area contributed by atoms with E-state index in [0.29, 0.717) is 35.2 Å². The van der Waals surface area contributed by atoms with Crippen molar-refractivity contribution in [2.45, 2.75) is 31.6 Å². The van der Waals surface area contributed by atoms with E-state index in [2.05, 4.69) is 0 Å². The van der Waals surface area contributed by atoms with Crippen molar-refractivity contribution < 1.29 is 28.9 Å². The molecule has 3 aromatic rings. The summed E-state index contributed by atoms with van der Waals surface area (Å²) < 4.78 is 17.4. The number of aliphatic hydroxyl groups excluding tert-OH is 1. The molecule has 2 aliphatic rings. The van der Waals surface area contributed by atoms with Crippen molar-refractivity contribution in [2.75, 3.05) is 20.3 Å². The minimum atomic E-state index is -0.770. The second-order valence-electron chi connectivity index (χ2n) is 8.75. The number of benzene rings is 2. The summed E-state index contributed by atoms with van der Waals surface area (Å²) in [6.45, 7) is 1.29. The average Bonchev–Trinajstić information content (AvgIpc) is 3.67. The Balaban J connectivity index is 1.49. The number of ether oxygens (including phenoxy) is 3. The lowest BCUT2D eigenvalue weighted by atomic mass is 9.95. The molecule has 1 amide bonds. The molecule has 7 nitrogen and oxygen atoms in total. The maximum atomic E-state index is 13.4. The van der Waals surface area contributed by atoms with Crippen molar-refractivity contribution in [3.05, 3.63) is 93.4 Å². The maximum absolute atomic E-state index is 13.4. The van der Waals surface area contributed by atoms with Crippen LogP contribution in [0.3, 0.4) is 0 Å². The Kier molecular flexibility index (Phi) is 7.06. The maximum Gasteiger partial charge on any atom is 0.290 e. The van der Waals surface area contributed by atoms with Gasteiger partial charge in [-0.3, -0.25) is 9.59 Å². The first-order valence-corrected chi connectivity index (χ1v) is 12.7. The van der Waals surface area contributed by atoms with Crippen molar-refractivity contribution in [2.24, 2.45) is 0 Å². The Labute approximate surface area is 213 Å². The van der Waals surface area contributed by atoms with Gasteiger partial charge in [-0.15, -0.1) is 11.3 Å². The van der Waals surface area contributed by atoms with Gasteiger partial charge in [-0.2, -0.15) is 0 Å². The molecular weight excluding hydrogens is 478 g/mol. The van der Waals surface area contributed by atoms with Crippen LogP contribution in [0.5, 0.6) is 11.5 Å². The first-order valence-electron chi connectivity index (χ1n) is 11.9. The molecule has 0 spiro atoms. The van der Waals surface area contributed by atoms with Gasteiger partial charge in [0.15, 0.2) is 17.3 Å². The molecule has 0 radical (unpaired) electrons. The van der Waals surface area contributed by atoms with Gasteiger partial charge in [0.1, 0.15) is 6.61 Å². The van der Waals surface area contributed by atoms with Crippen LogP contribution in [0, 0.1) is 0 Å². The van der Waals surface area contributed by atoms with Gasteiger partial charge in [0.25, 0.3) is 5.91 Å². The highest BCUT2D eigenvalue weighted by Crippen LogP contribution is 2.42. The van der Waals surface area contributed by atoms with Crippen LogP contribution in [0.2, 0.25) is 0 Å².